The predicted octanol–water partition coefficient (Wildman–Crippen LogP) is 17.6. The van der Waals surface area contributed by atoms with Gasteiger partial charge in [0.25, 0.3) is 0 Å². The number of carbonyl (C=O) groups is 3. The van der Waals surface area contributed by atoms with Crippen LogP contribution in [0.1, 0.15) is 201 Å². The third-order valence-corrected chi connectivity index (χ3v) is 10.5. The first-order valence-corrected chi connectivity index (χ1v) is 26.4. The van der Waals surface area contributed by atoms with Crippen molar-refractivity contribution in [1.82, 2.24) is 0 Å². The summed E-state index contributed by atoms with van der Waals surface area (Å²) in [7, 11) is 0. The van der Waals surface area contributed by atoms with Gasteiger partial charge in [0.1, 0.15) is 13.2 Å². The van der Waals surface area contributed by atoms with E-state index in [0.717, 1.165) is 96.3 Å². The molecule has 0 aliphatic heterocycles. The zero-order chi connectivity index (χ0) is 48.6. The molecule has 6 nitrogen and oxygen atoms in total. The highest BCUT2D eigenvalue weighted by atomic mass is 16.6. The lowest BCUT2D eigenvalue weighted by molar-refractivity contribution is -0.166. The molecule has 0 heterocycles. The SMILES string of the molecule is CC/C=C/C=C/C=C/C=C/C=C/C=C/CCCCCC(=O)OC(COC(=O)CC/C=C/C/C=C/CCCCCCCC)COC(=O)CCCCCCCC/C=C/C/C=C/C/C=C/C/C=C/CC. The zero-order valence-electron chi connectivity index (χ0n) is 42.6. The molecule has 0 fully saturated rings. The Hall–Kier alpha value is -4.71. The molecular formula is C61H94O6. The van der Waals surface area contributed by atoms with Crippen LogP contribution in [-0.4, -0.2) is 37.2 Å². The van der Waals surface area contributed by atoms with E-state index >= 15 is 0 Å². The fraction of sp³-hybridized carbons (Fsp3) is 0.557. The molecule has 0 aromatic heterocycles. The molecule has 0 aromatic rings. The molecule has 67 heavy (non-hydrogen) atoms. The quantitative estimate of drug-likeness (QED) is 0.0199. The minimum absolute atomic E-state index is 0.127. The highest BCUT2D eigenvalue weighted by Gasteiger charge is 2.19. The fourth-order valence-corrected chi connectivity index (χ4v) is 6.57. The van der Waals surface area contributed by atoms with Gasteiger partial charge in [-0.25, -0.2) is 0 Å². The van der Waals surface area contributed by atoms with Gasteiger partial charge in [-0.3, -0.25) is 14.4 Å². The van der Waals surface area contributed by atoms with Crippen molar-refractivity contribution in [3.8, 4) is 0 Å². The average molecular weight is 923 g/mol. The average Bonchev–Trinajstić information content (AvgIpc) is 3.33. The second kappa shape index (κ2) is 53.9. The lowest BCUT2D eigenvalue weighted by Crippen LogP contribution is -2.30. The first-order valence-electron chi connectivity index (χ1n) is 26.4. The molecule has 1 unspecified atom stereocenters. The van der Waals surface area contributed by atoms with Crippen molar-refractivity contribution < 1.29 is 28.6 Å². The summed E-state index contributed by atoms with van der Waals surface area (Å²) in [4.78, 5) is 38.0. The van der Waals surface area contributed by atoms with E-state index in [-0.39, 0.29) is 44.0 Å². The van der Waals surface area contributed by atoms with Gasteiger partial charge in [0.2, 0.25) is 0 Å². The van der Waals surface area contributed by atoms with Crippen molar-refractivity contribution in [2.75, 3.05) is 13.2 Å². The number of unbranched alkanes of at least 4 members (excludes halogenated alkanes) is 15. The zero-order valence-corrected chi connectivity index (χ0v) is 42.6. The molecule has 0 N–H and O–H groups in total. The van der Waals surface area contributed by atoms with Crippen molar-refractivity contribution >= 4 is 17.9 Å². The highest BCUT2D eigenvalue weighted by molar-refractivity contribution is 5.71. The molecule has 6 heteroatoms. The van der Waals surface area contributed by atoms with E-state index in [1.807, 2.05) is 66.8 Å². The number of allylic oxidation sites excluding steroid dienone is 24. The number of ether oxygens (including phenoxy) is 3. The fourth-order valence-electron chi connectivity index (χ4n) is 6.57. The van der Waals surface area contributed by atoms with Crippen molar-refractivity contribution in [2.24, 2.45) is 0 Å². The minimum Gasteiger partial charge on any atom is -0.462 e. The van der Waals surface area contributed by atoms with Gasteiger partial charge in [0, 0.05) is 19.3 Å². The monoisotopic (exact) mass is 923 g/mol. The topological polar surface area (TPSA) is 78.9 Å². The molecule has 0 spiro atoms. The molecule has 0 saturated heterocycles. The van der Waals surface area contributed by atoms with E-state index in [0.29, 0.717) is 19.3 Å². The van der Waals surface area contributed by atoms with E-state index in [1.54, 1.807) is 0 Å². The van der Waals surface area contributed by atoms with Crippen molar-refractivity contribution in [3.63, 3.8) is 0 Å². The molecule has 0 aliphatic rings. The first-order chi connectivity index (χ1) is 33.0. The van der Waals surface area contributed by atoms with Crippen molar-refractivity contribution in [1.29, 1.82) is 0 Å². The van der Waals surface area contributed by atoms with E-state index in [9.17, 15) is 14.4 Å². The highest BCUT2D eigenvalue weighted by Crippen LogP contribution is 2.12. The summed E-state index contributed by atoms with van der Waals surface area (Å²) in [5.41, 5.74) is 0. The van der Waals surface area contributed by atoms with Crippen LogP contribution in [0.2, 0.25) is 0 Å². The second-order valence-corrected chi connectivity index (χ2v) is 16.8. The van der Waals surface area contributed by atoms with Gasteiger partial charge in [-0.15, -0.1) is 0 Å². The number of hydrogen-bond acceptors (Lipinski definition) is 6. The molecule has 0 saturated carbocycles. The first kappa shape index (κ1) is 62.3. The Bertz CT molecular complexity index is 1530. The maximum Gasteiger partial charge on any atom is 0.306 e. The normalized spacial score (nSPS) is 13.3. The van der Waals surface area contributed by atoms with Gasteiger partial charge in [-0.05, 0) is 96.3 Å². The minimum atomic E-state index is -0.836. The molecular weight excluding hydrogens is 829 g/mol. The van der Waals surface area contributed by atoms with Gasteiger partial charge in [0.15, 0.2) is 6.10 Å². The summed E-state index contributed by atoms with van der Waals surface area (Å²) >= 11 is 0. The molecule has 0 aromatic carbocycles. The Morgan fingerprint density at radius 1 is 0.328 bits per heavy atom. The molecule has 0 amide bonds. The van der Waals surface area contributed by atoms with Crippen LogP contribution < -0.4 is 0 Å². The number of hydrogen-bond donors (Lipinski definition) is 0. The van der Waals surface area contributed by atoms with E-state index < -0.39 is 6.10 Å². The lowest BCUT2D eigenvalue weighted by Gasteiger charge is -2.18. The number of rotatable bonds is 45. The standard InChI is InChI=1S/C61H94O6/c1-4-7-10-13-16-19-22-25-27-29-30-32-33-36-39-42-45-48-51-54-60(63)66-57-58(56-65-59(62)53-50-47-44-41-38-35-24-21-18-15-12-9-6-3)67-61(64)55-52-49-46-43-40-37-34-31-28-26-23-20-17-14-11-8-5-2/h7-8,10-11,14,16-17,19-20,23,25-28,30-32,34-35,37-38,40,44,47,58H,4-6,9,12-13,15,18,21-22,24,29,33,36,39,41-43,45-46,48-57H2,1-3H3/b10-7+,11-8+,17-14+,19-16+,23-20+,27-25+,28-26+,32-30+,34-31+,38-35+,40-37+,47-44+. The molecule has 0 radical (unpaired) electrons. The van der Waals surface area contributed by atoms with Crippen LogP contribution in [0.3, 0.4) is 0 Å². The summed E-state index contributed by atoms with van der Waals surface area (Å²) in [5, 5.41) is 0. The van der Waals surface area contributed by atoms with Gasteiger partial charge < -0.3 is 14.2 Å². The largest absolute Gasteiger partial charge is 0.462 e. The molecule has 1 atom stereocenters. The van der Waals surface area contributed by atoms with Crippen LogP contribution in [0.5, 0.6) is 0 Å². The molecule has 0 bridgehead atoms. The Morgan fingerprint density at radius 2 is 0.687 bits per heavy atom. The summed E-state index contributed by atoms with van der Waals surface area (Å²) in [6.07, 6.45) is 77.0. The van der Waals surface area contributed by atoms with Crippen LogP contribution >= 0.6 is 0 Å². The molecule has 374 valence electrons. The molecule has 0 aliphatic carbocycles. The third kappa shape index (κ3) is 52.1. The summed E-state index contributed by atoms with van der Waals surface area (Å²) in [6.45, 7) is 6.25. The predicted molar refractivity (Wildman–Crippen MR) is 288 cm³/mol. The number of esters is 3. The van der Waals surface area contributed by atoms with Gasteiger partial charge in [-0.1, -0.05) is 231 Å². The van der Waals surface area contributed by atoms with Crippen molar-refractivity contribution in [2.45, 2.75) is 207 Å². The Labute approximate surface area is 410 Å². The van der Waals surface area contributed by atoms with E-state index in [4.69, 9.17) is 14.2 Å². The Kier molecular flexibility index (Phi) is 50.1. The third-order valence-electron chi connectivity index (χ3n) is 10.5. The van der Waals surface area contributed by atoms with Crippen LogP contribution in [0.4, 0.5) is 0 Å². The van der Waals surface area contributed by atoms with Gasteiger partial charge in [-0.2, -0.15) is 0 Å². The smallest absolute Gasteiger partial charge is 0.306 e. The number of carbonyl (C=O) groups excluding carboxylic acids is 3. The summed E-state index contributed by atoms with van der Waals surface area (Å²) in [5.74, 6) is -1.07. The molecule has 0 rings (SSSR count). The van der Waals surface area contributed by atoms with Gasteiger partial charge in [0.05, 0.1) is 0 Å². The van der Waals surface area contributed by atoms with E-state index in [1.165, 1.54) is 51.4 Å². The van der Waals surface area contributed by atoms with Gasteiger partial charge >= 0.3 is 17.9 Å². The van der Waals surface area contributed by atoms with Crippen LogP contribution in [0, 0.1) is 0 Å². The Morgan fingerprint density at radius 3 is 1.19 bits per heavy atom. The van der Waals surface area contributed by atoms with E-state index in [2.05, 4.69) is 99.8 Å². The summed E-state index contributed by atoms with van der Waals surface area (Å²) in [6, 6.07) is 0. The van der Waals surface area contributed by atoms with Crippen molar-refractivity contribution in [3.05, 3.63) is 146 Å². The maximum absolute atomic E-state index is 12.8. The lowest BCUT2D eigenvalue weighted by atomic mass is 10.1. The second-order valence-electron chi connectivity index (χ2n) is 16.8. The van der Waals surface area contributed by atoms with Crippen LogP contribution in [-0.2, 0) is 28.6 Å². The van der Waals surface area contributed by atoms with Crippen LogP contribution in [0.15, 0.2) is 146 Å². The Balaban J connectivity index is 4.58. The van der Waals surface area contributed by atoms with Crippen LogP contribution in [0.25, 0.3) is 0 Å². The maximum atomic E-state index is 12.8. The summed E-state index contributed by atoms with van der Waals surface area (Å²) < 4.78 is 16.7.